The van der Waals surface area contributed by atoms with Crippen LogP contribution >= 0.6 is 35.0 Å². The van der Waals surface area contributed by atoms with Crippen LogP contribution in [0, 0.1) is 0 Å². The van der Waals surface area contributed by atoms with Gasteiger partial charge in [-0.15, -0.1) is 11.8 Å². The topological polar surface area (TPSA) is 81.4 Å². The van der Waals surface area contributed by atoms with Crippen molar-refractivity contribution in [3.8, 4) is 5.75 Å². The fourth-order valence-corrected chi connectivity index (χ4v) is 2.97. The Labute approximate surface area is 159 Å². The minimum absolute atomic E-state index is 0.138. The van der Waals surface area contributed by atoms with Gasteiger partial charge in [-0.3, -0.25) is 9.59 Å². The summed E-state index contributed by atoms with van der Waals surface area (Å²) in [5.74, 6) is -0.0251. The summed E-state index contributed by atoms with van der Waals surface area (Å²) in [4.78, 5) is 24.2. The number of halogens is 2. The first-order chi connectivity index (χ1) is 12.0. The number of primary amides is 1. The summed E-state index contributed by atoms with van der Waals surface area (Å²) in [5, 5.41) is 3.79. The molecule has 0 aliphatic carbocycles. The molecule has 0 heterocycles. The molecule has 3 N–H and O–H groups in total. The van der Waals surface area contributed by atoms with E-state index in [-0.39, 0.29) is 23.8 Å². The Morgan fingerprint density at radius 1 is 1.08 bits per heavy atom. The maximum Gasteiger partial charge on any atom is 0.257 e. The SMILES string of the molecule is NC(=O)c1cc(Cl)ccc1OCC(=O)NCCSc1ccc(Cl)cc1. The van der Waals surface area contributed by atoms with Gasteiger partial charge in [-0.2, -0.15) is 0 Å². The maximum atomic E-state index is 11.8. The molecule has 0 bridgehead atoms. The van der Waals surface area contributed by atoms with Crippen LogP contribution in [-0.4, -0.2) is 30.7 Å². The molecular formula is C17H16Cl2N2O3S. The average Bonchev–Trinajstić information content (AvgIpc) is 2.59. The highest BCUT2D eigenvalue weighted by Gasteiger charge is 2.11. The summed E-state index contributed by atoms with van der Waals surface area (Å²) >= 11 is 13.2. The molecule has 0 aliphatic heterocycles. The molecule has 0 radical (unpaired) electrons. The van der Waals surface area contributed by atoms with E-state index in [1.807, 2.05) is 24.3 Å². The largest absolute Gasteiger partial charge is 0.483 e. The molecule has 0 spiro atoms. The first kappa shape index (κ1) is 19.4. The van der Waals surface area contributed by atoms with E-state index in [0.29, 0.717) is 22.3 Å². The summed E-state index contributed by atoms with van der Waals surface area (Å²) in [6.45, 7) is 0.270. The second-order valence-electron chi connectivity index (χ2n) is 4.95. The van der Waals surface area contributed by atoms with Crippen molar-refractivity contribution in [2.45, 2.75) is 4.90 Å². The first-order valence-corrected chi connectivity index (χ1v) is 9.07. The molecule has 0 atom stereocenters. The predicted molar refractivity (Wildman–Crippen MR) is 101 cm³/mol. The molecule has 0 saturated heterocycles. The number of nitrogens with two attached hydrogens (primary N) is 1. The van der Waals surface area contributed by atoms with E-state index in [1.165, 1.54) is 12.1 Å². The van der Waals surface area contributed by atoms with Gasteiger partial charge in [0.25, 0.3) is 11.8 Å². The van der Waals surface area contributed by atoms with Crippen molar-refractivity contribution < 1.29 is 14.3 Å². The number of ether oxygens (including phenoxy) is 1. The van der Waals surface area contributed by atoms with E-state index in [0.717, 1.165) is 4.90 Å². The Morgan fingerprint density at radius 2 is 1.76 bits per heavy atom. The van der Waals surface area contributed by atoms with E-state index in [9.17, 15) is 9.59 Å². The third-order valence-corrected chi connectivity index (χ3v) is 4.57. The van der Waals surface area contributed by atoms with Crippen LogP contribution in [0.1, 0.15) is 10.4 Å². The van der Waals surface area contributed by atoms with E-state index >= 15 is 0 Å². The number of hydrogen-bond donors (Lipinski definition) is 2. The summed E-state index contributed by atoms with van der Waals surface area (Å²) in [6, 6.07) is 11.9. The van der Waals surface area contributed by atoms with E-state index < -0.39 is 5.91 Å². The lowest BCUT2D eigenvalue weighted by Gasteiger charge is -2.10. The molecule has 2 rings (SSSR count). The van der Waals surface area contributed by atoms with Gasteiger partial charge in [0.05, 0.1) is 5.56 Å². The molecule has 0 aliphatic rings. The standard InChI is InChI=1S/C17H16Cl2N2O3S/c18-11-1-4-13(5-2-11)25-8-7-21-16(22)10-24-15-6-3-12(19)9-14(15)17(20)23/h1-6,9H,7-8,10H2,(H2,20,23)(H,21,22). The Hall–Kier alpha value is -1.89. The highest BCUT2D eigenvalue weighted by Crippen LogP contribution is 2.22. The summed E-state index contributed by atoms with van der Waals surface area (Å²) in [6.07, 6.45) is 0. The monoisotopic (exact) mass is 398 g/mol. The van der Waals surface area contributed by atoms with Crippen LogP contribution in [0.25, 0.3) is 0 Å². The normalized spacial score (nSPS) is 10.3. The van der Waals surface area contributed by atoms with Crippen molar-refractivity contribution in [1.29, 1.82) is 0 Å². The van der Waals surface area contributed by atoms with Gasteiger partial charge in [0.2, 0.25) is 0 Å². The minimum atomic E-state index is -0.669. The highest BCUT2D eigenvalue weighted by molar-refractivity contribution is 7.99. The summed E-state index contributed by atoms with van der Waals surface area (Å²) in [7, 11) is 0. The maximum absolute atomic E-state index is 11.8. The van der Waals surface area contributed by atoms with E-state index in [1.54, 1.807) is 17.8 Å². The van der Waals surface area contributed by atoms with Crippen LogP contribution in [0.4, 0.5) is 0 Å². The number of thioether (sulfide) groups is 1. The molecular weight excluding hydrogens is 383 g/mol. The lowest BCUT2D eigenvalue weighted by Crippen LogP contribution is -2.31. The van der Waals surface area contributed by atoms with Crippen molar-refractivity contribution in [2.24, 2.45) is 5.73 Å². The average molecular weight is 399 g/mol. The zero-order chi connectivity index (χ0) is 18.2. The number of nitrogens with one attached hydrogen (secondary N) is 1. The number of rotatable bonds is 8. The molecule has 2 aromatic rings. The summed E-state index contributed by atoms with van der Waals surface area (Å²) in [5.41, 5.74) is 5.40. The quantitative estimate of drug-likeness (QED) is 0.527. The predicted octanol–water partition coefficient (Wildman–Crippen LogP) is 3.38. The van der Waals surface area contributed by atoms with Gasteiger partial charge < -0.3 is 15.8 Å². The fourth-order valence-electron chi connectivity index (χ4n) is 1.91. The van der Waals surface area contributed by atoms with E-state index in [4.69, 9.17) is 33.7 Å². The molecule has 0 unspecified atom stereocenters. The number of carbonyl (C=O) groups is 2. The van der Waals surface area contributed by atoms with Crippen molar-refractivity contribution in [3.63, 3.8) is 0 Å². The molecule has 0 saturated carbocycles. The number of carbonyl (C=O) groups excluding carboxylic acids is 2. The Bertz CT molecular complexity index is 754. The lowest BCUT2D eigenvalue weighted by molar-refractivity contribution is -0.122. The van der Waals surface area contributed by atoms with Crippen LogP contribution in [-0.2, 0) is 4.79 Å². The number of benzene rings is 2. The third-order valence-electron chi connectivity index (χ3n) is 3.07. The molecule has 2 aromatic carbocycles. The Morgan fingerprint density at radius 3 is 2.44 bits per heavy atom. The van der Waals surface area contributed by atoms with Crippen molar-refractivity contribution in [2.75, 3.05) is 18.9 Å². The van der Waals surface area contributed by atoms with Crippen LogP contribution in [0.3, 0.4) is 0 Å². The zero-order valence-electron chi connectivity index (χ0n) is 13.1. The number of amides is 2. The fraction of sp³-hybridized carbons (Fsp3) is 0.176. The molecule has 25 heavy (non-hydrogen) atoms. The van der Waals surface area contributed by atoms with Crippen LogP contribution in [0.15, 0.2) is 47.4 Å². The van der Waals surface area contributed by atoms with Gasteiger partial charge in [0.15, 0.2) is 6.61 Å². The van der Waals surface area contributed by atoms with Gasteiger partial charge in [-0.1, -0.05) is 23.2 Å². The molecule has 5 nitrogen and oxygen atoms in total. The molecule has 0 fully saturated rings. The van der Waals surface area contributed by atoms with Crippen LogP contribution in [0.5, 0.6) is 5.75 Å². The van der Waals surface area contributed by atoms with Gasteiger partial charge in [0, 0.05) is 27.2 Å². The smallest absolute Gasteiger partial charge is 0.257 e. The molecule has 2 amide bonds. The van der Waals surface area contributed by atoms with Gasteiger partial charge in [0.1, 0.15) is 5.75 Å². The highest BCUT2D eigenvalue weighted by atomic mass is 35.5. The third kappa shape index (κ3) is 6.49. The first-order valence-electron chi connectivity index (χ1n) is 7.33. The lowest BCUT2D eigenvalue weighted by atomic mass is 10.2. The Kier molecular flexibility index (Phi) is 7.43. The van der Waals surface area contributed by atoms with Crippen LogP contribution in [0.2, 0.25) is 10.0 Å². The van der Waals surface area contributed by atoms with E-state index in [2.05, 4.69) is 5.32 Å². The summed E-state index contributed by atoms with van der Waals surface area (Å²) < 4.78 is 5.35. The van der Waals surface area contributed by atoms with Crippen molar-refractivity contribution in [3.05, 3.63) is 58.1 Å². The second kappa shape index (κ2) is 9.56. The van der Waals surface area contributed by atoms with Gasteiger partial charge >= 0.3 is 0 Å². The second-order valence-corrected chi connectivity index (χ2v) is 6.99. The van der Waals surface area contributed by atoms with Gasteiger partial charge in [-0.05, 0) is 42.5 Å². The molecule has 8 heteroatoms. The van der Waals surface area contributed by atoms with Crippen molar-refractivity contribution in [1.82, 2.24) is 5.32 Å². The number of hydrogen-bond acceptors (Lipinski definition) is 4. The molecule has 132 valence electrons. The van der Waals surface area contributed by atoms with Crippen LogP contribution < -0.4 is 15.8 Å². The molecule has 0 aromatic heterocycles. The van der Waals surface area contributed by atoms with Gasteiger partial charge in [-0.25, -0.2) is 0 Å². The zero-order valence-corrected chi connectivity index (χ0v) is 15.5. The minimum Gasteiger partial charge on any atom is -0.483 e. The van der Waals surface area contributed by atoms with Crippen molar-refractivity contribution >= 4 is 46.8 Å². The Balaban J connectivity index is 1.74.